The first-order valence-corrected chi connectivity index (χ1v) is 3.94. The van der Waals surface area contributed by atoms with E-state index >= 15 is 0 Å². The molecule has 0 bridgehead atoms. The van der Waals surface area contributed by atoms with Gasteiger partial charge in [0.15, 0.2) is 5.78 Å². The summed E-state index contributed by atoms with van der Waals surface area (Å²) in [6.07, 6.45) is 4.31. The summed E-state index contributed by atoms with van der Waals surface area (Å²) < 4.78 is 5.11. The van der Waals surface area contributed by atoms with E-state index in [2.05, 4.69) is 6.58 Å². The van der Waals surface area contributed by atoms with Crippen molar-refractivity contribution in [2.24, 2.45) is 0 Å². The quantitative estimate of drug-likeness (QED) is 0.464. The molecule has 0 aliphatic rings. The molecule has 1 atom stereocenters. The third-order valence-corrected chi connectivity index (χ3v) is 1.69. The van der Waals surface area contributed by atoms with E-state index in [0.717, 1.165) is 12.0 Å². The van der Waals surface area contributed by atoms with Crippen molar-refractivity contribution in [3.05, 3.63) is 24.3 Å². The van der Waals surface area contributed by atoms with Crippen LogP contribution < -0.4 is 0 Å². The van der Waals surface area contributed by atoms with Crippen molar-refractivity contribution in [2.45, 2.75) is 26.4 Å². The average molecular weight is 168 g/mol. The van der Waals surface area contributed by atoms with Crippen LogP contribution in [0.5, 0.6) is 0 Å². The number of rotatable bonds is 5. The van der Waals surface area contributed by atoms with Gasteiger partial charge in [0.25, 0.3) is 0 Å². The van der Waals surface area contributed by atoms with E-state index in [0.29, 0.717) is 0 Å². The van der Waals surface area contributed by atoms with Crippen LogP contribution in [-0.4, -0.2) is 19.0 Å². The van der Waals surface area contributed by atoms with Gasteiger partial charge in [-0.25, -0.2) is 0 Å². The molecule has 1 unspecified atom stereocenters. The summed E-state index contributed by atoms with van der Waals surface area (Å²) in [7, 11) is 1.62. The zero-order chi connectivity index (χ0) is 9.56. The van der Waals surface area contributed by atoms with E-state index in [4.69, 9.17) is 4.74 Å². The maximum Gasteiger partial charge on any atom is 0.155 e. The molecule has 0 aliphatic heterocycles. The number of Topliss-reactive ketones (excluding diaryl/α,β-unsaturated/α-hetero) is 1. The standard InChI is InChI=1S/C10H16O2/c1-5-6-10(12-4)7-8(2)9(3)11/h5,7,10H,1,6H2,2-4H3/b8-7+. The Bertz CT molecular complexity index is 192. The van der Waals surface area contributed by atoms with Crippen LogP contribution in [0, 0.1) is 0 Å². The molecule has 0 saturated heterocycles. The van der Waals surface area contributed by atoms with E-state index < -0.39 is 0 Å². The van der Waals surface area contributed by atoms with Crippen molar-refractivity contribution in [2.75, 3.05) is 7.11 Å². The molecule has 2 heteroatoms. The maximum absolute atomic E-state index is 10.8. The maximum atomic E-state index is 10.8. The summed E-state index contributed by atoms with van der Waals surface area (Å²) in [4.78, 5) is 10.8. The normalized spacial score (nSPS) is 14.1. The van der Waals surface area contributed by atoms with Crippen LogP contribution >= 0.6 is 0 Å². The van der Waals surface area contributed by atoms with Crippen LogP contribution in [0.25, 0.3) is 0 Å². The van der Waals surface area contributed by atoms with Crippen LogP contribution in [0.4, 0.5) is 0 Å². The molecule has 0 radical (unpaired) electrons. The molecule has 0 saturated carbocycles. The van der Waals surface area contributed by atoms with Crippen LogP contribution in [0.3, 0.4) is 0 Å². The zero-order valence-corrected chi connectivity index (χ0v) is 7.96. The first-order valence-electron chi connectivity index (χ1n) is 3.94. The lowest BCUT2D eigenvalue weighted by molar-refractivity contribution is -0.113. The molecule has 0 fully saturated rings. The van der Waals surface area contributed by atoms with E-state index in [1.54, 1.807) is 27.0 Å². The predicted octanol–water partition coefficient (Wildman–Crippen LogP) is 2.11. The van der Waals surface area contributed by atoms with Crippen molar-refractivity contribution in [1.29, 1.82) is 0 Å². The summed E-state index contributed by atoms with van der Waals surface area (Å²) in [6, 6.07) is 0. The molecule has 0 aromatic rings. The zero-order valence-electron chi connectivity index (χ0n) is 7.96. The Balaban J connectivity index is 4.24. The number of methoxy groups -OCH3 is 1. The summed E-state index contributed by atoms with van der Waals surface area (Å²) >= 11 is 0. The van der Waals surface area contributed by atoms with Gasteiger partial charge in [-0.15, -0.1) is 6.58 Å². The molecule has 0 aliphatic carbocycles. The number of allylic oxidation sites excluding steroid dienone is 1. The van der Waals surface area contributed by atoms with Gasteiger partial charge in [0, 0.05) is 7.11 Å². The van der Waals surface area contributed by atoms with Crippen molar-refractivity contribution in [3.8, 4) is 0 Å². The van der Waals surface area contributed by atoms with E-state index in [1.165, 1.54) is 0 Å². The Kier molecular flexibility index (Phi) is 5.30. The summed E-state index contributed by atoms with van der Waals surface area (Å²) in [6.45, 7) is 6.94. The molecular formula is C10H16O2. The monoisotopic (exact) mass is 168 g/mol. The topological polar surface area (TPSA) is 26.3 Å². The Morgan fingerprint density at radius 1 is 1.58 bits per heavy atom. The molecule has 2 nitrogen and oxygen atoms in total. The van der Waals surface area contributed by atoms with Crippen molar-refractivity contribution < 1.29 is 9.53 Å². The Labute approximate surface area is 73.9 Å². The fraction of sp³-hybridized carbons (Fsp3) is 0.500. The molecule has 68 valence electrons. The summed E-state index contributed by atoms with van der Waals surface area (Å²) in [5.41, 5.74) is 0.740. The molecular weight excluding hydrogens is 152 g/mol. The smallest absolute Gasteiger partial charge is 0.155 e. The van der Waals surface area contributed by atoms with Gasteiger partial charge in [-0.3, -0.25) is 4.79 Å². The lowest BCUT2D eigenvalue weighted by Gasteiger charge is -2.08. The molecule has 0 rings (SSSR count). The van der Waals surface area contributed by atoms with Crippen LogP contribution in [-0.2, 0) is 9.53 Å². The minimum Gasteiger partial charge on any atom is -0.377 e. The van der Waals surface area contributed by atoms with Gasteiger partial charge in [0.2, 0.25) is 0 Å². The van der Waals surface area contributed by atoms with Gasteiger partial charge in [-0.1, -0.05) is 6.08 Å². The van der Waals surface area contributed by atoms with Gasteiger partial charge in [-0.05, 0) is 31.9 Å². The second kappa shape index (κ2) is 5.72. The lowest BCUT2D eigenvalue weighted by atomic mass is 10.1. The SMILES string of the molecule is C=CCC(/C=C(\C)C(C)=O)OC. The molecule has 0 N–H and O–H groups in total. The number of carbonyl (C=O) groups excluding carboxylic acids is 1. The summed E-state index contributed by atoms with van der Waals surface area (Å²) in [5.74, 6) is 0.0844. The van der Waals surface area contributed by atoms with Crippen molar-refractivity contribution in [1.82, 2.24) is 0 Å². The third kappa shape index (κ3) is 4.09. The number of ketones is 1. The number of hydrogen-bond acceptors (Lipinski definition) is 2. The highest BCUT2D eigenvalue weighted by Gasteiger charge is 2.03. The second-order valence-corrected chi connectivity index (χ2v) is 2.70. The highest BCUT2D eigenvalue weighted by Crippen LogP contribution is 2.04. The number of carbonyl (C=O) groups is 1. The Morgan fingerprint density at radius 3 is 2.50 bits per heavy atom. The lowest BCUT2D eigenvalue weighted by Crippen LogP contribution is -2.07. The van der Waals surface area contributed by atoms with Gasteiger partial charge < -0.3 is 4.74 Å². The number of ether oxygens (including phenoxy) is 1. The predicted molar refractivity (Wildman–Crippen MR) is 50.0 cm³/mol. The average Bonchev–Trinajstić information content (AvgIpc) is 2.03. The summed E-state index contributed by atoms with van der Waals surface area (Å²) in [5, 5.41) is 0. The first-order chi connectivity index (χ1) is 5.61. The van der Waals surface area contributed by atoms with E-state index in [1.807, 2.05) is 6.08 Å². The van der Waals surface area contributed by atoms with E-state index in [-0.39, 0.29) is 11.9 Å². The molecule has 0 aromatic heterocycles. The first kappa shape index (κ1) is 11.1. The van der Waals surface area contributed by atoms with Gasteiger partial charge in [0.05, 0.1) is 6.10 Å². The van der Waals surface area contributed by atoms with Gasteiger partial charge in [-0.2, -0.15) is 0 Å². The molecule has 0 aromatic carbocycles. The minimum atomic E-state index is -0.0219. The van der Waals surface area contributed by atoms with E-state index in [9.17, 15) is 4.79 Å². The third-order valence-electron chi connectivity index (χ3n) is 1.69. The van der Waals surface area contributed by atoms with Crippen LogP contribution in [0.2, 0.25) is 0 Å². The molecule has 0 spiro atoms. The highest BCUT2D eigenvalue weighted by atomic mass is 16.5. The Morgan fingerprint density at radius 2 is 2.17 bits per heavy atom. The molecule has 12 heavy (non-hydrogen) atoms. The Hall–Kier alpha value is -0.890. The largest absolute Gasteiger partial charge is 0.377 e. The molecule has 0 heterocycles. The van der Waals surface area contributed by atoms with Gasteiger partial charge >= 0.3 is 0 Å². The van der Waals surface area contributed by atoms with Crippen molar-refractivity contribution >= 4 is 5.78 Å². The minimum absolute atomic E-state index is 0.0219. The molecule has 0 amide bonds. The number of hydrogen-bond donors (Lipinski definition) is 0. The van der Waals surface area contributed by atoms with Gasteiger partial charge in [0.1, 0.15) is 0 Å². The van der Waals surface area contributed by atoms with Crippen LogP contribution in [0.15, 0.2) is 24.3 Å². The second-order valence-electron chi connectivity index (χ2n) is 2.70. The fourth-order valence-corrected chi connectivity index (χ4v) is 0.793. The fourth-order valence-electron chi connectivity index (χ4n) is 0.793. The highest BCUT2D eigenvalue weighted by molar-refractivity contribution is 5.92. The van der Waals surface area contributed by atoms with Crippen molar-refractivity contribution in [3.63, 3.8) is 0 Å². The van der Waals surface area contributed by atoms with Crippen LogP contribution in [0.1, 0.15) is 20.3 Å².